The molecule has 0 N–H and O–H groups in total. The maximum Gasteiger partial charge on any atom is 0.233 e. The number of ether oxygens (including phenoxy) is 2. The Morgan fingerprint density at radius 1 is 1.15 bits per heavy atom. The number of carbonyl (C=O) groups is 1. The number of hydrogen-bond donors (Lipinski definition) is 0. The van der Waals surface area contributed by atoms with Crippen molar-refractivity contribution in [2.45, 2.75) is 19.8 Å². The van der Waals surface area contributed by atoms with E-state index in [0.29, 0.717) is 35.4 Å². The van der Waals surface area contributed by atoms with Gasteiger partial charge in [-0.05, 0) is 43.2 Å². The van der Waals surface area contributed by atoms with Crippen LogP contribution in [0.1, 0.15) is 17.0 Å². The molecule has 1 amide bonds. The molecule has 2 aliphatic rings. The summed E-state index contributed by atoms with van der Waals surface area (Å²) in [4.78, 5) is 19.2. The second-order valence-electron chi connectivity index (χ2n) is 6.69. The lowest BCUT2D eigenvalue weighted by molar-refractivity contribution is -0.117. The third kappa shape index (κ3) is 2.73. The van der Waals surface area contributed by atoms with E-state index in [1.807, 2.05) is 48.2 Å². The number of nitrogens with zero attached hydrogens (tertiary/aromatic N) is 2. The van der Waals surface area contributed by atoms with E-state index in [1.54, 1.807) is 0 Å². The number of anilines is 1. The number of fused-ring (bicyclic) bond motifs is 2. The van der Waals surface area contributed by atoms with Crippen molar-refractivity contribution < 1.29 is 18.7 Å². The van der Waals surface area contributed by atoms with Crippen LogP contribution in [-0.2, 0) is 17.6 Å². The molecule has 0 unspecified atom stereocenters. The lowest BCUT2D eigenvalue weighted by Gasteiger charge is -2.16. The number of amides is 1. The average Bonchev–Trinajstić information content (AvgIpc) is 3.39. The maximum atomic E-state index is 12.8. The summed E-state index contributed by atoms with van der Waals surface area (Å²) in [6.45, 7) is 2.77. The Morgan fingerprint density at radius 3 is 2.93 bits per heavy atom. The highest BCUT2D eigenvalue weighted by Gasteiger charge is 2.26. The molecule has 2 aliphatic heterocycles. The molecular formula is C21H18N2O4. The zero-order valence-corrected chi connectivity index (χ0v) is 14.9. The first kappa shape index (κ1) is 15.9. The fraction of sp³-hybridized carbons (Fsp3) is 0.238. The molecule has 5 rings (SSSR count). The van der Waals surface area contributed by atoms with Crippen molar-refractivity contribution >= 4 is 11.6 Å². The summed E-state index contributed by atoms with van der Waals surface area (Å²) in [6.07, 6.45) is 1.11. The van der Waals surface area contributed by atoms with Gasteiger partial charge in [-0.1, -0.05) is 18.2 Å². The third-order valence-electron chi connectivity index (χ3n) is 5.02. The van der Waals surface area contributed by atoms with E-state index in [9.17, 15) is 4.79 Å². The van der Waals surface area contributed by atoms with Gasteiger partial charge in [0.05, 0.1) is 12.1 Å². The van der Waals surface area contributed by atoms with Crippen molar-refractivity contribution in [2.24, 2.45) is 0 Å². The van der Waals surface area contributed by atoms with Crippen LogP contribution in [0.3, 0.4) is 0 Å². The van der Waals surface area contributed by atoms with E-state index >= 15 is 0 Å². The van der Waals surface area contributed by atoms with Crippen LogP contribution in [0.25, 0.3) is 11.5 Å². The predicted molar refractivity (Wildman–Crippen MR) is 99.0 cm³/mol. The van der Waals surface area contributed by atoms with Crippen LogP contribution in [-0.4, -0.2) is 24.2 Å². The molecule has 0 bridgehead atoms. The first-order valence-corrected chi connectivity index (χ1v) is 8.93. The highest BCUT2D eigenvalue weighted by atomic mass is 16.7. The van der Waals surface area contributed by atoms with E-state index < -0.39 is 0 Å². The number of rotatable bonds is 3. The van der Waals surface area contributed by atoms with Gasteiger partial charge in [-0.25, -0.2) is 4.98 Å². The van der Waals surface area contributed by atoms with E-state index in [1.165, 1.54) is 5.56 Å². The fourth-order valence-electron chi connectivity index (χ4n) is 3.58. The van der Waals surface area contributed by atoms with Crippen molar-refractivity contribution in [3.63, 3.8) is 0 Å². The van der Waals surface area contributed by atoms with Crippen molar-refractivity contribution in [1.82, 2.24) is 4.98 Å². The van der Waals surface area contributed by atoms with Crippen LogP contribution in [0.2, 0.25) is 0 Å². The van der Waals surface area contributed by atoms with Gasteiger partial charge in [-0.2, -0.15) is 0 Å². The fourth-order valence-corrected chi connectivity index (χ4v) is 3.58. The SMILES string of the molecule is Cc1oc(-c2ccc3c(c2)OCO3)nc1CC(=O)N1CCc2ccccc21. The van der Waals surface area contributed by atoms with Gasteiger partial charge in [0, 0.05) is 17.8 Å². The molecule has 6 nitrogen and oxygen atoms in total. The topological polar surface area (TPSA) is 64.8 Å². The van der Waals surface area contributed by atoms with Crippen molar-refractivity contribution in [3.05, 3.63) is 59.5 Å². The molecule has 136 valence electrons. The van der Waals surface area contributed by atoms with Gasteiger partial charge in [0.2, 0.25) is 18.6 Å². The van der Waals surface area contributed by atoms with E-state index in [-0.39, 0.29) is 19.1 Å². The molecule has 2 aromatic carbocycles. The van der Waals surface area contributed by atoms with Crippen LogP contribution in [0.15, 0.2) is 46.9 Å². The number of oxazole rings is 1. The highest BCUT2D eigenvalue weighted by Crippen LogP contribution is 2.36. The number of aromatic nitrogens is 1. The van der Waals surface area contributed by atoms with Crippen LogP contribution < -0.4 is 14.4 Å². The van der Waals surface area contributed by atoms with Crippen LogP contribution in [0, 0.1) is 6.92 Å². The van der Waals surface area contributed by atoms with Crippen LogP contribution in [0.5, 0.6) is 11.5 Å². The van der Waals surface area contributed by atoms with Crippen LogP contribution >= 0.6 is 0 Å². The molecule has 3 heterocycles. The van der Waals surface area contributed by atoms with E-state index in [0.717, 1.165) is 17.7 Å². The minimum absolute atomic E-state index is 0.0357. The summed E-state index contributed by atoms with van der Waals surface area (Å²) in [7, 11) is 0. The molecule has 1 aromatic heterocycles. The Kier molecular flexibility index (Phi) is 3.63. The monoisotopic (exact) mass is 362 g/mol. The lowest BCUT2D eigenvalue weighted by atomic mass is 10.2. The van der Waals surface area contributed by atoms with Crippen molar-refractivity contribution in [3.8, 4) is 23.0 Å². The Balaban J connectivity index is 1.38. The molecular weight excluding hydrogens is 344 g/mol. The molecule has 3 aromatic rings. The Bertz CT molecular complexity index is 1040. The minimum Gasteiger partial charge on any atom is -0.454 e. The smallest absolute Gasteiger partial charge is 0.233 e. The third-order valence-corrected chi connectivity index (χ3v) is 5.02. The zero-order chi connectivity index (χ0) is 18.4. The van der Waals surface area contributed by atoms with Gasteiger partial charge < -0.3 is 18.8 Å². The largest absolute Gasteiger partial charge is 0.454 e. The summed E-state index contributed by atoms with van der Waals surface area (Å²) in [5, 5.41) is 0. The molecule has 0 spiro atoms. The Morgan fingerprint density at radius 2 is 2.00 bits per heavy atom. The normalized spacial score (nSPS) is 14.5. The van der Waals surface area contributed by atoms with Gasteiger partial charge in [0.1, 0.15) is 5.76 Å². The molecule has 0 saturated heterocycles. The average molecular weight is 362 g/mol. The van der Waals surface area contributed by atoms with Gasteiger partial charge in [0.25, 0.3) is 0 Å². The number of aryl methyl sites for hydroxylation is 1. The minimum atomic E-state index is 0.0357. The highest BCUT2D eigenvalue weighted by molar-refractivity contribution is 5.96. The number of benzene rings is 2. The van der Waals surface area contributed by atoms with Crippen molar-refractivity contribution in [2.75, 3.05) is 18.2 Å². The summed E-state index contributed by atoms with van der Waals surface area (Å²) in [5.41, 5.74) is 3.67. The summed E-state index contributed by atoms with van der Waals surface area (Å²) >= 11 is 0. The van der Waals surface area contributed by atoms with Gasteiger partial charge in [-0.15, -0.1) is 0 Å². The molecule has 0 radical (unpaired) electrons. The number of para-hydroxylation sites is 1. The van der Waals surface area contributed by atoms with Gasteiger partial charge >= 0.3 is 0 Å². The first-order valence-electron chi connectivity index (χ1n) is 8.93. The zero-order valence-electron chi connectivity index (χ0n) is 14.9. The molecule has 0 fully saturated rings. The maximum absolute atomic E-state index is 12.8. The number of carbonyl (C=O) groups excluding carboxylic acids is 1. The summed E-state index contributed by atoms with van der Waals surface area (Å²) < 4.78 is 16.6. The van der Waals surface area contributed by atoms with Gasteiger partial charge in [-0.3, -0.25) is 4.79 Å². The predicted octanol–water partition coefficient (Wildman–Crippen LogP) is 3.51. The molecule has 6 heteroatoms. The summed E-state index contributed by atoms with van der Waals surface area (Å²) in [5.74, 6) is 2.56. The Labute approximate surface area is 156 Å². The second-order valence-corrected chi connectivity index (χ2v) is 6.69. The van der Waals surface area contributed by atoms with Gasteiger partial charge in [0.15, 0.2) is 11.5 Å². The molecule has 0 aliphatic carbocycles. The summed E-state index contributed by atoms with van der Waals surface area (Å²) in [6, 6.07) is 13.6. The quantitative estimate of drug-likeness (QED) is 0.713. The molecule has 27 heavy (non-hydrogen) atoms. The van der Waals surface area contributed by atoms with Crippen LogP contribution in [0.4, 0.5) is 5.69 Å². The molecule has 0 atom stereocenters. The second kappa shape index (κ2) is 6.16. The standard InChI is InChI=1S/C21H18N2O4/c1-13-16(11-20(24)23-9-8-14-4-2-3-5-17(14)23)22-21(27-13)15-6-7-18-19(10-15)26-12-25-18/h2-7,10H,8-9,11-12H2,1H3. The van der Waals surface area contributed by atoms with E-state index in [2.05, 4.69) is 11.1 Å². The van der Waals surface area contributed by atoms with Crippen molar-refractivity contribution in [1.29, 1.82) is 0 Å². The molecule has 0 saturated carbocycles. The number of hydrogen-bond acceptors (Lipinski definition) is 5. The first-order chi connectivity index (χ1) is 13.2. The lowest BCUT2D eigenvalue weighted by Crippen LogP contribution is -2.30. The van der Waals surface area contributed by atoms with E-state index in [4.69, 9.17) is 13.9 Å². The Hall–Kier alpha value is -3.28.